The van der Waals surface area contributed by atoms with Crippen LogP contribution in [0.3, 0.4) is 0 Å². The summed E-state index contributed by atoms with van der Waals surface area (Å²) in [6.07, 6.45) is 1.80. The minimum absolute atomic E-state index is 0.119. The van der Waals surface area contributed by atoms with Gasteiger partial charge in [0.1, 0.15) is 11.9 Å². The van der Waals surface area contributed by atoms with Crippen molar-refractivity contribution in [2.75, 3.05) is 7.11 Å². The maximum atomic E-state index is 13.4. The molecule has 1 N–H and O–H groups in total. The molecule has 0 unspecified atom stereocenters. The second kappa shape index (κ2) is 9.07. The van der Waals surface area contributed by atoms with Gasteiger partial charge in [-0.25, -0.2) is 9.18 Å². The van der Waals surface area contributed by atoms with Crippen molar-refractivity contribution in [3.05, 3.63) is 74.1 Å². The molecular formula is C20H14BrCl2FN2O3. The predicted octanol–water partition coefficient (Wildman–Crippen LogP) is 4.96. The van der Waals surface area contributed by atoms with Crippen LogP contribution in [0.4, 0.5) is 4.39 Å². The number of benzene rings is 2. The van der Waals surface area contributed by atoms with Crippen molar-refractivity contribution >= 4 is 61.9 Å². The van der Waals surface area contributed by atoms with E-state index in [1.54, 1.807) is 12.3 Å². The van der Waals surface area contributed by atoms with Gasteiger partial charge in [0.05, 0.1) is 28.2 Å². The highest BCUT2D eigenvalue weighted by Gasteiger charge is 2.26. The molecule has 1 aromatic heterocycles. The van der Waals surface area contributed by atoms with Crippen LogP contribution in [-0.2, 0) is 16.0 Å². The lowest BCUT2D eigenvalue weighted by Crippen LogP contribution is -2.43. The average Bonchev–Trinajstić information content (AvgIpc) is 2.68. The van der Waals surface area contributed by atoms with Gasteiger partial charge in [-0.1, -0.05) is 35.3 Å². The molecule has 0 aliphatic heterocycles. The Morgan fingerprint density at radius 1 is 1.24 bits per heavy atom. The Kier molecular flexibility index (Phi) is 6.72. The molecule has 0 aliphatic rings. The van der Waals surface area contributed by atoms with E-state index in [-0.39, 0.29) is 22.0 Å². The standard InChI is InChI=1S/C20H14BrCl2FN2O3/c1-29-20(28)16(26-19(27)17-14(22)8-11(24)9-15(17)23)7-10-4-5-13(21)18-12(10)3-2-6-25-18/h2-6,8-9,16H,7H2,1H3,(H,26,27)/t16-/m0/s1. The van der Waals surface area contributed by atoms with Gasteiger partial charge < -0.3 is 10.1 Å². The second-order valence-corrected chi connectivity index (χ2v) is 7.77. The zero-order valence-electron chi connectivity index (χ0n) is 15.0. The molecule has 1 amide bonds. The fraction of sp³-hybridized carbons (Fsp3) is 0.150. The van der Waals surface area contributed by atoms with Crippen LogP contribution in [0.5, 0.6) is 0 Å². The van der Waals surface area contributed by atoms with Gasteiger partial charge in [0.25, 0.3) is 5.91 Å². The number of nitrogens with one attached hydrogen (secondary N) is 1. The van der Waals surface area contributed by atoms with Gasteiger partial charge in [-0.3, -0.25) is 9.78 Å². The SMILES string of the molecule is COC(=O)[C@H](Cc1ccc(Br)c2ncccc12)NC(=O)c1c(Cl)cc(F)cc1Cl. The van der Waals surface area contributed by atoms with Gasteiger partial charge in [0.15, 0.2) is 0 Å². The number of carbonyl (C=O) groups is 2. The highest BCUT2D eigenvalue weighted by Crippen LogP contribution is 2.28. The van der Waals surface area contributed by atoms with E-state index in [0.29, 0.717) is 0 Å². The van der Waals surface area contributed by atoms with E-state index in [1.165, 1.54) is 7.11 Å². The number of amides is 1. The smallest absolute Gasteiger partial charge is 0.328 e. The van der Waals surface area contributed by atoms with Crippen molar-refractivity contribution < 1.29 is 18.7 Å². The topological polar surface area (TPSA) is 68.3 Å². The summed E-state index contributed by atoms with van der Waals surface area (Å²) in [6.45, 7) is 0. The summed E-state index contributed by atoms with van der Waals surface area (Å²) in [5, 5.41) is 3.08. The summed E-state index contributed by atoms with van der Waals surface area (Å²) in [6, 6.07) is 8.22. The minimum atomic E-state index is -1.02. The third-order valence-corrected chi connectivity index (χ3v) is 5.50. The van der Waals surface area contributed by atoms with E-state index in [4.69, 9.17) is 27.9 Å². The minimum Gasteiger partial charge on any atom is -0.467 e. The van der Waals surface area contributed by atoms with Crippen LogP contribution in [0.15, 0.2) is 47.1 Å². The molecule has 1 heterocycles. The van der Waals surface area contributed by atoms with Gasteiger partial charge >= 0.3 is 5.97 Å². The molecule has 150 valence electrons. The number of methoxy groups -OCH3 is 1. The zero-order valence-corrected chi connectivity index (χ0v) is 18.1. The molecule has 5 nitrogen and oxygen atoms in total. The quantitative estimate of drug-likeness (QED) is 0.504. The van der Waals surface area contributed by atoms with Crippen LogP contribution in [0.2, 0.25) is 10.0 Å². The molecule has 0 fully saturated rings. The molecule has 9 heteroatoms. The molecule has 0 saturated carbocycles. The molecule has 0 radical (unpaired) electrons. The summed E-state index contributed by atoms with van der Waals surface area (Å²) in [5.41, 5.74) is 1.39. The number of pyridine rings is 1. The van der Waals surface area contributed by atoms with Crippen molar-refractivity contribution in [1.82, 2.24) is 10.3 Å². The molecule has 0 bridgehead atoms. The molecule has 3 aromatic rings. The Morgan fingerprint density at radius 2 is 1.93 bits per heavy atom. The molecule has 29 heavy (non-hydrogen) atoms. The number of fused-ring (bicyclic) bond motifs is 1. The number of carbonyl (C=O) groups excluding carboxylic acids is 2. The van der Waals surface area contributed by atoms with E-state index < -0.39 is 23.7 Å². The van der Waals surface area contributed by atoms with Gasteiger partial charge in [-0.15, -0.1) is 0 Å². The first-order valence-corrected chi connectivity index (χ1v) is 9.92. The Morgan fingerprint density at radius 3 is 2.59 bits per heavy atom. The summed E-state index contributed by atoms with van der Waals surface area (Å²) in [5.74, 6) is -2.03. The number of halogens is 4. The fourth-order valence-corrected chi connectivity index (χ4v) is 4.00. The number of rotatable bonds is 5. The molecular weight excluding hydrogens is 486 g/mol. The normalized spacial score (nSPS) is 11.9. The van der Waals surface area contributed by atoms with Crippen molar-refractivity contribution in [2.45, 2.75) is 12.5 Å². The Hall–Kier alpha value is -2.22. The maximum Gasteiger partial charge on any atom is 0.328 e. The van der Waals surface area contributed by atoms with Crippen LogP contribution in [-0.4, -0.2) is 30.0 Å². The van der Waals surface area contributed by atoms with E-state index in [1.807, 2.05) is 18.2 Å². The van der Waals surface area contributed by atoms with Gasteiger partial charge in [0, 0.05) is 22.5 Å². The van der Waals surface area contributed by atoms with Gasteiger partial charge in [-0.2, -0.15) is 0 Å². The molecule has 2 aromatic carbocycles. The third-order valence-electron chi connectivity index (χ3n) is 4.26. The van der Waals surface area contributed by atoms with Crippen LogP contribution >= 0.6 is 39.1 Å². The van der Waals surface area contributed by atoms with E-state index in [0.717, 1.165) is 33.1 Å². The lowest BCUT2D eigenvalue weighted by atomic mass is 10.0. The first kappa shape index (κ1) is 21.5. The lowest BCUT2D eigenvalue weighted by molar-refractivity contribution is -0.142. The van der Waals surface area contributed by atoms with E-state index in [9.17, 15) is 14.0 Å². The Bertz CT molecular complexity index is 1090. The molecule has 0 aliphatic carbocycles. The molecule has 0 saturated heterocycles. The van der Waals surface area contributed by atoms with Crippen molar-refractivity contribution in [3.8, 4) is 0 Å². The Balaban J connectivity index is 1.94. The van der Waals surface area contributed by atoms with Crippen LogP contribution in [0.1, 0.15) is 15.9 Å². The number of esters is 1. The van der Waals surface area contributed by atoms with Crippen LogP contribution in [0, 0.1) is 5.82 Å². The van der Waals surface area contributed by atoms with Gasteiger partial charge in [-0.05, 0) is 45.8 Å². The maximum absolute atomic E-state index is 13.4. The first-order valence-electron chi connectivity index (χ1n) is 8.37. The van der Waals surface area contributed by atoms with Gasteiger partial charge in [0.2, 0.25) is 0 Å². The van der Waals surface area contributed by atoms with Crippen molar-refractivity contribution in [3.63, 3.8) is 0 Å². The number of nitrogens with zero attached hydrogens (tertiary/aromatic N) is 1. The molecule has 0 spiro atoms. The average molecular weight is 500 g/mol. The summed E-state index contributed by atoms with van der Waals surface area (Å²) >= 11 is 15.4. The largest absolute Gasteiger partial charge is 0.467 e. The highest BCUT2D eigenvalue weighted by atomic mass is 79.9. The predicted molar refractivity (Wildman–Crippen MR) is 113 cm³/mol. The van der Waals surface area contributed by atoms with E-state index in [2.05, 4.69) is 26.2 Å². The lowest BCUT2D eigenvalue weighted by Gasteiger charge is -2.18. The van der Waals surface area contributed by atoms with Crippen LogP contribution < -0.4 is 5.32 Å². The number of ether oxygens (including phenoxy) is 1. The third kappa shape index (κ3) is 4.69. The van der Waals surface area contributed by atoms with E-state index >= 15 is 0 Å². The highest BCUT2D eigenvalue weighted by molar-refractivity contribution is 9.10. The molecule has 3 rings (SSSR count). The summed E-state index contributed by atoms with van der Waals surface area (Å²) in [7, 11) is 1.22. The van der Waals surface area contributed by atoms with Crippen LogP contribution in [0.25, 0.3) is 10.9 Å². The zero-order chi connectivity index (χ0) is 21.1. The Labute approximate surface area is 184 Å². The van der Waals surface area contributed by atoms with Crippen molar-refractivity contribution in [1.29, 1.82) is 0 Å². The molecule has 1 atom stereocenters. The van der Waals surface area contributed by atoms with Crippen molar-refractivity contribution in [2.24, 2.45) is 0 Å². The monoisotopic (exact) mass is 498 g/mol. The number of hydrogen-bond acceptors (Lipinski definition) is 4. The second-order valence-electron chi connectivity index (χ2n) is 6.10. The summed E-state index contributed by atoms with van der Waals surface area (Å²) in [4.78, 5) is 29.4. The fourth-order valence-electron chi connectivity index (χ4n) is 2.92. The summed E-state index contributed by atoms with van der Waals surface area (Å²) < 4.78 is 19.0. The number of hydrogen-bond donors (Lipinski definition) is 1. The number of aromatic nitrogens is 1. The first-order chi connectivity index (χ1) is 13.8.